The minimum Gasteiger partial charge on any atom is -0.478 e. The molecule has 1 fully saturated rings. The van der Waals surface area contributed by atoms with Crippen LogP contribution in [0.2, 0.25) is 0 Å². The Morgan fingerprint density at radius 1 is 1.08 bits per heavy atom. The molecular weight excluding hydrogens is 328 g/mol. The molecule has 4 rings (SSSR count). The van der Waals surface area contributed by atoms with Crippen molar-refractivity contribution in [1.29, 1.82) is 0 Å². The fraction of sp³-hybridized carbons (Fsp3) is 0.316. The van der Waals surface area contributed by atoms with E-state index >= 15 is 0 Å². The fourth-order valence-corrected chi connectivity index (χ4v) is 2.76. The van der Waals surface area contributed by atoms with E-state index in [2.05, 4.69) is 42.6 Å². The molecule has 140 valence electrons. The first-order valence-electron chi connectivity index (χ1n) is 8.66. The van der Waals surface area contributed by atoms with E-state index < -0.39 is 0 Å². The van der Waals surface area contributed by atoms with Crippen LogP contribution in [-0.4, -0.2) is 55.3 Å². The number of hydrogen-bond donors (Lipinski definition) is 2. The Morgan fingerprint density at radius 2 is 1.85 bits per heavy atom. The van der Waals surface area contributed by atoms with Gasteiger partial charge in [-0.05, 0) is 18.2 Å². The smallest absolute Gasteiger partial charge is 0.257 e. The van der Waals surface area contributed by atoms with Gasteiger partial charge < -0.3 is 20.3 Å². The average molecular weight is 356 g/mol. The zero-order valence-electron chi connectivity index (χ0n) is 15.1. The molecule has 3 heterocycles. The van der Waals surface area contributed by atoms with Crippen LogP contribution in [0.4, 0.5) is 11.6 Å². The Kier molecular flexibility index (Phi) is 6.16. The first kappa shape index (κ1) is 17.9. The maximum Gasteiger partial charge on any atom is 0.257 e. The molecule has 0 spiro atoms. The molecule has 0 unspecified atom stereocenters. The van der Waals surface area contributed by atoms with E-state index in [1.165, 1.54) is 5.39 Å². The van der Waals surface area contributed by atoms with E-state index in [1.807, 2.05) is 31.3 Å². The molecule has 1 aromatic carbocycles. The third-order valence-corrected chi connectivity index (χ3v) is 4.11. The van der Waals surface area contributed by atoms with Crippen LogP contribution in [-0.2, 0) is 0 Å². The van der Waals surface area contributed by atoms with Gasteiger partial charge in [-0.15, -0.1) is 0 Å². The second kappa shape index (κ2) is 8.96. The van der Waals surface area contributed by atoms with Crippen molar-refractivity contribution < 1.29 is 7.59 Å². The maximum absolute atomic E-state index is 5.16. The zero-order valence-corrected chi connectivity index (χ0v) is 15.1. The number of anilines is 2. The molecule has 1 aliphatic rings. The third-order valence-electron chi connectivity index (χ3n) is 4.11. The highest BCUT2D eigenvalue weighted by Gasteiger charge is 2.16. The molecule has 1 saturated heterocycles. The lowest BCUT2D eigenvalue weighted by atomic mass is 10.2. The summed E-state index contributed by atoms with van der Waals surface area (Å²) in [5.41, 5.74) is 1.03. The summed E-state index contributed by atoms with van der Waals surface area (Å²) in [6, 6.07) is 12.1. The first-order chi connectivity index (χ1) is 12.8. The highest BCUT2D eigenvalue weighted by Crippen LogP contribution is 2.21. The van der Waals surface area contributed by atoms with Gasteiger partial charge in [0.15, 0.2) is 5.82 Å². The fourth-order valence-electron chi connectivity index (χ4n) is 2.76. The molecule has 0 aliphatic carbocycles. The molecule has 2 aromatic heterocycles. The number of piperazine rings is 1. The third kappa shape index (κ3) is 4.37. The van der Waals surface area contributed by atoms with E-state index in [9.17, 15) is 0 Å². The van der Waals surface area contributed by atoms with Crippen LogP contribution in [0.25, 0.3) is 10.9 Å². The summed E-state index contributed by atoms with van der Waals surface area (Å²) in [7, 11) is 3.49. The van der Waals surface area contributed by atoms with Gasteiger partial charge >= 0.3 is 0 Å². The molecule has 26 heavy (non-hydrogen) atoms. The van der Waals surface area contributed by atoms with Crippen LogP contribution in [0.3, 0.4) is 0 Å². The van der Waals surface area contributed by atoms with Crippen LogP contribution in [0.15, 0.2) is 48.8 Å². The van der Waals surface area contributed by atoms with E-state index in [1.54, 1.807) is 19.5 Å². The summed E-state index contributed by atoms with van der Waals surface area (Å²) in [6.07, 6.45) is 3.34. The van der Waals surface area contributed by atoms with Crippen molar-refractivity contribution in [2.24, 2.45) is 0 Å². The zero-order chi connectivity index (χ0) is 18.2. The van der Waals surface area contributed by atoms with E-state index in [0.29, 0.717) is 5.88 Å². The number of hydrogen-bond acceptors (Lipinski definition) is 7. The molecule has 7 heteroatoms. The predicted molar refractivity (Wildman–Crippen MR) is 109 cm³/mol. The summed E-state index contributed by atoms with van der Waals surface area (Å²) in [4.78, 5) is 15.0. The largest absolute Gasteiger partial charge is 0.478 e. The molecule has 0 radical (unpaired) electrons. The number of fused-ring (bicyclic) bond motifs is 1. The summed E-state index contributed by atoms with van der Waals surface area (Å²) in [5.74, 6) is 2.36. The lowest BCUT2D eigenvalue weighted by molar-refractivity contribution is 0.394. The van der Waals surface area contributed by atoms with Gasteiger partial charge in [-0.1, -0.05) is 18.2 Å². The molecule has 0 saturated carbocycles. The second-order valence-corrected chi connectivity index (χ2v) is 5.77. The minimum atomic E-state index is 0. The first-order valence-corrected chi connectivity index (χ1v) is 8.66. The normalized spacial score (nSPS) is 13.7. The van der Waals surface area contributed by atoms with Gasteiger partial charge in [0, 0.05) is 53.9 Å². The Bertz CT molecular complexity index is 845. The van der Waals surface area contributed by atoms with E-state index in [0.717, 1.165) is 43.3 Å². The van der Waals surface area contributed by atoms with Crippen LogP contribution >= 0.6 is 0 Å². The van der Waals surface area contributed by atoms with Gasteiger partial charge in [-0.3, -0.25) is 0 Å². The van der Waals surface area contributed by atoms with Crippen molar-refractivity contribution in [2.45, 2.75) is 0 Å². The van der Waals surface area contributed by atoms with E-state index in [-0.39, 0.29) is 2.85 Å². The number of methoxy groups -OCH3 is 1. The average Bonchev–Trinajstić information content (AvgIpc) is 2.74. The lowest BCUT2D eigenvalue weighted by Gasteiger charge is -2.28. The van der Waals surface area contributed by atoms with Crippen molar-refractivity contribution in [3.63, 3.8) is 0 Å². The Morgan fingerprint density at radius 3 is 2.62 bits per heavy atom. The summed E-state index contributed by atoms with van der Waals surface area (Å²) in [6.45, 7) is 3.88. The molecule has 0 bridgehead atoms. The number of nitrogens with one attached hydrogen (secondary N) is 2. The van der Waals surface area contributed by atoms with Crippen molar-refractivity contribution in [1.82, 2.24) is 20.3 Å². The Hall–Kier alpha value is -2.93. The number of ether oxygens (including phenoxy) is 1. The molecule has 7 nitrogen and oxygen atoms in total. The quantitative estimate of drug-likeness (QED) is 0.747. The highest BCUT2D eigenvalue weighted by atomic mass is 16.5. The summed E-state index contributed by atoms with van der Waals surface area (Å²) >= 11 is 0. The molecule has 0 atom stereocenters. The van der Waals surface area contributed by atoms with Crippen molar-refractivity contribution in [3.05, 3.63) is 48.8 Å². The highest BCUT2D eigenvalue weighted by molar-refractivity contribution is 5.79. The van der Waals surface area contributed by atoms with Crippen molar-refractivity contribution >= 4 is 22.5 Å². The number of rotatable bonds is 3. The van der Waals surface area contributed by atoms with E-state index in [4.69, 9.17) is 4.74 Å². The molecule has 2 N–H and O–H groups in total. The number of benzene rings is 1. The van der Waals surface area contributed by atoms with Crippen LogP contribution in [0, 0.1) is 0 Å². The molecule has 1 aliphatic heterocycles. The molecular formula is C19H28N6O. The SMILES string of the molecule is CNc1ccc2ccccc2n1.COc1nccnc1N1CCNCC1.[HH].[HH]. The van der Waals surface area contributed by atoms with Gasteiger partial charge in [-0.25, -0.2) is 15.0 Å². The standard InChI is InChI=1S/C10H10N2.C9H14N4O.2H2/c1-11-10-7-6-8-4-2-3-5-9(8)12-10;1-14-9-8(11-2-3-12-9)13-6-4-10-5-7-13;;/h2-7H,1H3,(H,11,12);2-3,10H,4-7H2,1H3;2*1H. The predicted octanol–water partition coefficient (Wildman–Crippen LogP) is 2.66. The van der Waals surface area contributed by atoms with Gasteiger partial charge in [0.1, 0.15) is 5.82 Å². The van der Waals surface area contributed by atoms with Gasteiger partial charge in [0.25, 0.3) is 5.88 Å². The number of aromatic nitrogens is 3. The van der Waals surface area contributed by atoms with Gasteiger partial charge in [0.05, 0.1) is 12.6 Å². The molecule has 0 amide bonds. The maximum atomic E-state index is 5.16. The van der Waals surface area contributed by atoms with Crippen LogP contribution in [0.1, 0.15) is 2.85 Å². The lowest BCUT2D eigenvalue weighted by Crippen LogP contribution is -2.44. The monoisotopic (exact) mass is 356 g/mol. The summed E-state index contributed by atoms with van der Waals surface area (Å²) < 4.78 is 5.16. The summed E-state index contributed by atoms with van der Waals surface area (Å²) in [5, 5.41) is 7.48. The van der Waals surface area contributed by atoms with Crippen molar-refractivity contribution in [3.8, 4) is 5.88 Å². The Balaban J connectivity index is 0.000000264. The second-order valence-electron chi connectivity index (χ2n) is 5.77. The minimum absolute atomic E-state index is 0. The number of nitrogens with zero attached hydrogens (tertiary/aromatic N) is 4. The van der Waals surface area contributed by atoms with Crippen LogP contribution in [0.5, 0.6) is 5.88 Å². The topological polar surface area (TPSA) is 75.2 Å². The van der Waals surface area contributed by atoms with Gasteiger partial charge in [-0.2, -0.15) is 0 Å². The Labute approximate surface area is 156 Å². The number of pyridine rings is 1. The van der Waals surface area contributed by atoms with Crippen molar-refractivity contribution in [2.75, 3.05) is 50.6 Å². The molecule has 3 aromatic rings. The van der Waals surface area contributed by atoms with Gasteiger partial charge in [0.2, 0.25) is 0 Å². The number of para-hydroxylation sites is 1. The van der Waals surface area contributed by atoms with Crippen LogP contribution < -0.4 is 20.3 Å².